The molecule has 0 unspecified atom stereocenters. The lowest BCUT2D eigenvalue weighted by atomic mass is 9.94. The third kappa shape index (κ3) is 4.10. The summed E-state index contributed by atoms with van der Waals surface area (Å²) in [6, 6.07) is 17.9. The molecule has 0 atom stereocenters. The Morgan fingerprint density at radius 2 is 1.44 bits per heavy atom. The van der Waals surface area contributed by atoms with Crippen LogP contribution in [0.5, 0.6) is 0 Å². The van der Waals surface area contributed by atoms with Crippen LogP contribution in [0, 0.1) is 13.8 Å². The number of aryl methyl sites for hydroxylation is 2. The molecule has 1 fully saturated rings. The van der Waals surface area contributed by atoms with Crippen LogP contribution in [-0.2, 0) is 4.79 Å². The number of likely N-dealkylation sites (N-methyl/N-ethyl adjacent to an activating group) is 1. The first kappa shape index (κ1) is 22.0. The number of aromatic nitrogens is 1. The highest BCUT2D eigenvalue weighted by Gasteiger charge is 2.28. The number of piperazine rings is 1. The molecule has 2 N–H and O–H groups in total. The number of carbonyl (C=O) groups excluding carboxylic acids is 2. The minimum Gasteiger partial charge on any atom is -0.369 e. The Balaban J connectivity index is 1.42. The summed E-state index contributed by atoms with van der Waals surface area (Å²) in [6.45, 7) is 8.22. The highest BCUT2D eigenvalue weighted by atomic mass is 16.2. The van der Waals surface area contributed by atoms with Gasteiger partial charge < -0.3 is 19.7 Å². The Hall–Kier alpha value is -3.84. The number of hydrogen-bond acceptors (Lipinski definition) is 5. The molecule has 7 nitrogen and oxygen atoms in total. The lowest BCUT2D eigenvalue weighted by molar-refractivity contribution is -0.114. The summed E-state index contributed by atoms with van der Waals surface area (Å²) in [7, 11) is 2.15. The van der Waals surface area contributed by atoms with Crippen LogP contribution < -0.4 is 15.5 Å². The fourth-order valence-electron chi connectivity index (χ4n) is 4.66. The molecule has 0 aliphatic carbocycles. The Morgan fingerprint density at radius 3 is 2.12 bits per heavy atom. The lowest BCUT2D eigenvalue weighted by Gasteiger charge is -2.34. The van der Waals surface area contributed by atoms with E-state index in [2.05, 4.69) is 56.3 Å². The van der Waals surface area contributed by atoms with E-state index in [-0.39, 0.29) is 5.91 Å². The summed E-state index contributed by atoms with van der Waals surface area (Å²) in [5, 5.41) is 5.70. The third-order valence-electron chi connectivity index (χ3n) is 6.66. The molecular weight excluding hydrogens is 426 g/mol. The zero-order valence-corrected chi connectivity index (χ0v) is 19.8. The Morgan fingerprint density at radius 1 is 0.794 bits per heavy atom. The molecule has 5 rings (SSSR count). The van der Waals surface area contributed by atoms with Gasteiger partial charge in [0.1, 0.15) is 0 Å². The van der Waals surface area contributed by atoms with E-state index in [0.29, 0.717) is 16.7 Å². The normalized spacial score (nSPS) is 17.6. The highest BCUT2D eigenvalue weighted by Crippen LogP contribution is 2.28. The summed E-state index contributed by atoms with van der Waals surface area (Å²) >= 11 is 0. The zero-order valence-electron chi connectivity index (χ0n) is 19.8. The number of nitrogens with zero attached hydrogens (tertiary/aromatic N) is 3. The predicted molar refractivity (Wildman–Crippen MR) is 135 cm³/mol. The monoisotopic (exact) mass is 455 g/mol. The molecule has 174 valence electrons. The van der Waals surface area contributed by atoms with Gasteiger partial charge in [-0.2, -0.15) is 0 Å². The molecule has 2 amide bonds. The van der Waals surface area contributed by atoms with E-state index in [1.165, 1.54) is 5.69 Å². The number of benzene rings is 2. The minimum absolute atomic E-state index is 0.374. The first-order valence-electron chi connectivity index (χ1n) is 11.6. The third-order valence-corrected chi connectivity index (χ3v) is 6.66. The first-order chi connectivity index (χ1) is 16.4. The molecule has 0 bridgehead atoms. The van der Waals surface area contributed by atoms with Crippen molar-refractivity contribution < 1.29 is 9.59 Å². The van der Waals surface area contributed by atoms with Crippen LogP contribution in [0.1, 0.15) is 27.3 Å². The quantitative estimate of drug-likeness (QED) is 0.465. The Labute approximate surface area is 199 Å². The largest absolute Gasteiger partial charge is 0.369 e. The summed E-state index contributed by atoms with van der Waals surface area (Å²) in [6.07, 6.45) is 1.69. The summed E-state index contributed by atoms with van der Waals surface area (Å²) in [5.41, 5.74) is 6.72. The number of rotatable bonds is 4. The second-order valence-electron chi connectivity index (χ2n) is 9.00. The molecule has 0 spiro atoms. The van der Waals surface area contributed by atoms with Crippen molar-refractivity contribution in [1.29, 1.82) is 0 Å². The van der Waals surface area contributed by atoms with Crippen LogP contribution >= 0.6 is 0 Å². The molecule has 3 heterocycles. The van der Waals surface area contributed by atoms with E-state index in [1.54, 1.807) is 12.3 Å². The molecule has 3 aromatic rings. The summed E-state index contributed by atoms with van der Waals surface area (Å²) in [5.74, 6) is -0.779. The van der Waals surface area contributed by atoms with E-state index in [0.717, 1.165) is 48.9 Å². The fraction of sp³-hybridized carbons (Fsp3) is 0.259. The molecule has 2 aliphatic rings. The van der Waals surface area contributed by atoms with Gasteiger partial charge >= 0.3 is 0 Å². The van der Waals surface area contributed by atoms with Gasteiger partial charge in [-0.3, -0.25) is 14.9 Å². The van der Waals surface area contributed by atoms with Crippen molar-refractivity contribution in [2.24, 2.45) is 0 Å². The molecular formula is C27H29N5O2. The van der Waals surface area contributed by atoms with Gasteiger partial charge in [-0.15, -0.1) is 0 Å². The Kier molecular flexibility index (Phi) is 5.71. The van der Waals surface area contributed by atoms with E-state index in [1.807, 2.05) is 38.1 Å². The van der Waals surface area contributed by atoms with Gasteiger partial charge in [-0.25, -0.2) is 0 Å². The maximum Gasteiger partial charge on any atom is 0.260 e. The standard InChI is InChI=1S/C27H29N5O2/c1-18-4-5-19(2)32(18)22-10-11-23-24(16-22)25(27(34)29-26(23)33)17-28-20-6-8-21(9-7-20)31-14-12-30(3)13-15-31/h4-11,16-17,28H,12-15H2,1-3H3,(H,29,33,34)/b25-17-. The van der Waals surface area contributed by atoms with E-state index in [4.69, 9.17) is 0 Å². The smallest absolute Gasteiger partial charge is 0.260 e. The average Bonchev–Trinajstić information content (AvgIpc) is 3.17. The zero-order chi connectivity index (χ0) is 23.8. The van der Waals surface area contributed by atoms with E-state index in [9.17, 15) is 9.59 Å². The van der Waals surface area contributed by atoms with Crippen LogP contribution in [-0.4, -0.2) is 54.5 Å². The second kappa shape index (κ2) is 8.83. The summed E-state index contributed by atoms with van der Waals surface area (Å²) < 4.78 is 2.11. The highest BCUT2D eigenvalue weighted by molar-refractivity contribution is 6.31. The number of hydrogen-bond donors (Lipinski definition) is 2. The Bertz CT molecular complexity index is 1260. The number of carbonyl (C=O) groups is 2. The maximum absolute atomic E-state index is 12.7. The van der Waals surface area contributed by atoms with Crippen LogP contribution in [0.2, 0.25) is 0 Å². The molecule has 0 radical (unpaired) electrons. The number of imide groups is 1. The topological polar surface area (TPSA) is 69.6 Å². The number of anilines is 2. The van der Waals surface area contributed by atoms with Crippen molar-refractivity contribution in [3.63, 3.8) is 0 Å². The molecule has 0 saturated carbocycles. The first-order valence-corrected chi connectivity index (χ1v) is 11.6. The van der Waals surface area contributed by atoms with Crippen molar-refractivity contribution in [2.75, 3.05) is 43.4 Å². The minimum atomic E-state index is -0.405. The molecule has 1 aromatic heterocycles. The van der Waals surface area contributed by atoms with Gasteiger partial charge in [0.05, 0.1) is 5.57 Å². The van der Waals surface area contributed by atoms with Crippen LogP contribution in [0.3, 0.4) is 0 Å². The van der Waals surface area contributed by atoms with Crippen molar-refractivity contribution in [3.8, 4) is 5.69 Å². The summed E-state index contributed by atoms with van der Waals surface area (Å²) in [4.78, 5) is 29.9. The van der Waals surface area contributed by atoms with Crippen LogP contribution in [0.4, 0.5) is 11.4 Å². The molecule has 34 heavy (non-hydrogen) atoms. The van der Waals surface area contributed by atoms with E-state index >= 15 is 0 Å². The van der Waals surface area contributed by atoms with Crippen molar-refractivity contribution >= 4 is 28.8 Å². The average molecular weight is 456 g/mol. The number of nitrogens with one attached hydrogen (secondary N) is 2. The van der Waals surface area contributed by atoms with E-state index < -0.39 is 5.91 Å². The van der Waals surface area contributed by atoms with Crippen LogP contribution in [0.15, 0.2) is 60.8 Å². The van der Waals surface area contributed by atoms with Gasteiger partial charge in [-0.05, 0) is 75.5 Å². The van der Waals surface area contributed by atoms with Crippen LogP contribution in [0.25, 0.3) is 11.3 Å². The van der Waals surface area contributed by atoms with Crippen molar-refractivity contribution in [3.05, 3.63) is 83.3 Å². The van der Waals surface area contributed by atoms with Gasteiger partial charge in [0.25, 0.3) is 11.8 Å². The lowest BCUT2D eigenvalue weighted by Crippen LogP contribution is -2.44. The predicted octanol–water partition coefficient (Wildman–Crippen LogP) is 3.57. The number of amides is 2. The SMILES string of the molecule is Cc1ccc(C)n1-c1ccc2c(c1)/C(=C/Nc1ccc(N3CCN(C)CC3)cc1)C(=O)NC2=O. The molecule has 2 aliphatic heterocycles. The van der Waals surface area contributed by atoms with Gasteiger partial charge in [0.15, 0.2) is 0 Å². The molecule has 1 saturated heterocycles. The van der Waals surface area contributed by atoms with Gasteiger partial charge in [0.2, 0.25) is 0 Å². The van der Waals surface area contributed by atoms with Gasteiger partial charge in [0, 0.05) is 72.0 Å². The molecule has 2 aromatic carbocycles. The van der Waals surface area contributed by atoms with Gasteiger partial charge in [-0.1, -0.05) is 0 Å². The molecule has 7 heteroatoms. The number of fused-ring (bicyclic) bond motifs is 1. The van der Waals surface area contributed by atoms with Crippen molar-refractivity contribution in [2.45, 2.75) is 13.8 Å². The maximum atomic E-state index is 12.7. The van der Waals surface area contributed by atoms with Crippen molar-refractivity contribution in [1.82, 2.24) is 14.8 Å². The fourth-order valence-corrected chi connectivity index (χ4v) is 4.66. The second-order valence-corrected chi connectivity index (χ2v) is 9.00.